The van der Waals surface area contributed by atoms with E-state index in [1.165, 1.54) is 0 Å². The van der Waals surface area contributed by atoms with Crippen LogP contribution >= 0.6 is 0 Å². The van der Waals surface area contributed by atoms with Gasteiger partial charge in [-0.2, -0.15) is 0 Å². The van der Waals surface area contributed by atoms with Gasteiger partial charge in [-0.1, -0.05) is 0 Å². The number of ether oxygens (including phenoxy) is 1. The number of carbonyl (C=O) groups excluding carboxylic acids is 1. The van der Waals surface area contributed by atoms with Crippen molar-refractivity contribution in [2.75, 3.05) is 26.2 Å². The van der Waals surface area contributed by atoms with Gasteiger partial charge in [0, 0.05) is 38.2 Å². The molecule has 3 heterocycles. The highest BCUT2D eigenvalue weighted by molar-refractivity contribution is 5.76. The summed E-state index contributed by atoms with van der Waals surface area (Å²) in [6.07, 6.45) is 1.50. The van der Waals surface area contributed by atoms with Gasteiger partial charge in [0.1, 0.15) is 5.82 Å². The van der Waals surface area contributed by atoms with Crippen LogP contribution in [0.2, 0.25) is 0 Å². The molecule has 1 aromatic rings. The van der Waals surface area contributed by atoms with Crippen molar-refractivity contribution in [2.24, 2.45) is 0 Å². The van der Waals surface area contributed by atoms with Gasteiger partial charge in [0.2, 0.25) is 5.91 Å². The molecule has 132 valence electrons. The van der Waals surface area contributed by atoms with Gasteiger partial charge in [0.15, 0.2) is 0 Å². The molecule has 1 saturated heterocycles. The fourth-order valence-corrected chi connectivity index (χ4v) is 3.66. The van der Waals surface area contributed by atoms with Gasteiger partial charge in [0.05, 0.1) is 24.4 Å². The van der Waals surface area contributed by atoms with Crippen molar-refractivity contribution in [2.45, 2.75) is 52.4 Å². The smallest absolute Gasteiger partial charge is 0.254 e. The molecular formula is C17H26N4O3. The van der Waals surface area contributed by atoms with Crippen LogP contribution in [0.1, 0.15) is 37.4 Å². The van der Waals surface area contributed by atoms with E-state index in [1.54, 1.807) is 6.92 Å². The van der Waals surface area contributed by atoms with Crippen molar-refractivity contribution in [3.8, 4) is 0 Å². The Morgan fingerprint density at radius 1 is 1.33 bits per heavy atom. The third kappa shape index (κ3) is 3.84. The molecular weight excluding hydrogens is 308 g/mol. The number of amides is 1. The number of nitrogens with zero attached hydrogens (tertiary/aromatic N) is 3. The third-order valence-corrected chi connectivity index (χ3v) is 4.68. The molecule has 3 rings (SSSR count). The summed E-state index contributed by atoms with van der Waals surface area (Å²) in [7, 11) is 0. The zero-order chi connectivity index (χ0) is 17.3. The molecule has 2 aliphatic rings. The van der Waals surface area contributed by atoms with Crippen molar-refractivity contribution in [3.63, 3.8) is 0 Å². The number of hydrogen-bond donors (Lipinski definition) is 1. The van der Waals surface area contributed by atoms with E-state index in [4.69, 9.17) is 4.74 Å². The summed E-state index contributed by atoms with van der Waals surface area (Å²) in [6.45, 7) is 9.43. The molecule has 1 amide bonds. The van der Waals surface area contributed by atoms with Gasteiger partial charge >= 0.3 is 0 Å². The van der Waals surface area contributed by atoms with E-state index in [-0.39, 0.29) is 23.7 Å². The quantitative estimate of drug-likeness (QED) is 0.869. The van der Waals surface area contributed by atoms with Crippen molar-refractivity contribution in [1.29, 1.82) is 0 Å². The average molecular weight is 334 g/mol. The first-order valence-electron chi connectivity index (χ1n) is 8.66. The molecule has 7 nitrogen and oxygen atoms in total. The van der Waals surface area contributed by atoms with E-state index in [2.05, 4.69) is 28.7 Å². The lowest BCUT2D eigenvalue weighted by molar-refractivity contribution is -0.133. The lowest BCUT2D eigenvalue weighted by atomic mass is 10.1. The Morgan fingerprint density at radius 3 is 2.75 bits per heavy atom. The number of aromatic amines is 1. The van der Waals surface area contributed by atoms with Gasteiger partial charge in [-0.05, 0) is 27.2 Å². The zero-order valence-corrected chi connectivity index (χ0v) is 14.7. The molecule has 0 unspecified atom stereocenters. The maximum absolute atomic E-state index is 12.5. The summed E-state index contributed by atoms with van der Waals surface area (Å²) in [5.41, 5.74) is 1.39. The molecule has 0 aromatic carbocycles. The normalized spacial score (nSPS) is 24.7. The largest absolute Gasteiger partial charge is 0.373 e. The monoisotopic (exact) mass is 334 g/mol. The Kier molecular flexibility index (Phi) is 5.01. The van der Waals surface area contributed by atoms with E-state index in [0.717, 1.165) is 30.9 Å². The standard InChI is InChI=1S/C17H26N4O3/c1-11-8-20(9-12(2)24-11)6-5-16(22)21-7-4-14-15(10-21)18-13(3)19-17(14)23/h11-12H,4-10H2,1-3H3,(H,18,19,23)/t11-,12+. The van der Waals surface area contributed by atoms with Crippen LogP contribution in [0, 0.1) is 6.92 Å². The topological polar surface area (TPSA) is 78.5 Å². The lowest BCUT2D eigenvalue weighted by Crippen LogP contribution is -2.47. The maximum Gasteiger partial charge on any atom is 0.254 e. The summed E-state index contributed by atoms with van der Waals surface area (Å²) in [6, 6.07) is 0. The molecule has 0 bridgehead atoms. The Hall–Kier alpha value is -1.73. The molecule has 1 N–H and O–H groups in total. The van der Waals surface area contributed by atoms with Crippen LogP contribution < -0.4 is 5.56 Å². The number of carbonyl (C=O) groups is 1. The second-order valence-corrected chi connectivity index (χ2v) is 6.91. The van der Waals surface area contributed by atoms with Crippen molar-refractivity contribution >= 4 is 5.91 Å². The zero-order valence-electron chi connectivity index (χ0n) is 14.7. The predicted octanol–water partition coefficient (Wildman–Crippen LogP) is 0.462. The number of rotatable bonds is 3. The highest BCUT2D eigenvalue weighted by atomic mass is 16.5. The predicted molar refractivity (Wildman–Crippen MR) is 89.8 cm³/mol. The molecule has 1 aromatic heterocycles. The molecule has 1 fully saturated rings. The Balaban J connectivity index is 1.57. The van der Waals surface area contributed by atoms with Gasteiger partial charge in [-0.3, -0.25) is 14.5 Å². The molecule has 7 heteroatoms. The molecule has 0 saturated carbocycles. The van der Waals surface area contributed by atoms with Gasteiger partial charge in [0.25, 0.3) is 5.56 Å². The molecule has 0 aliphatic carbocycles. The fraction of sp³-hybridized carbons (Fsp3) is 0.706. The Labute approximate surface area is 142 Å². The van der Waals surface area contributed by atoms with Crippen LogP contribution in [0.25, 0.3) is 0 Å². The first-order chi connectivity index (χ1) is 11.4. The summed E-state index contributed by atoms with van der Waals surface area (Å²) >= 11 is 0. The maximum atomic E-state index is 12.5. The summed E-state index contributed by atoms with van der Waals surface area (Å²) in [5.74, 6) is 0.733. The number of H-pyrrole nitrogens is 1. The van der Waals surface area contributed by atoms with Gasteiger partial charge in [-0.25, -0.2) is 4.98 Å². The third-order valence-electron chi connectivity index (χ3n) is 4.68. The van der Waals surface area contributed by atoms with Crippen LogP contribution in [0.5, 0.6) is 0 Å². The number of aromatic nitrogens is 2. The minimum Gasteiger partial charge on any atom is -0.373 e. The molecule has 2 aliphatic heterocycles. The van der Waals surface area contributed by atoms with Crippen molar-refractivity contribution in [1.82, 2.24) is 19.8 Å². The Bertz CT molecular complexity index is 662. The number of hydrogen-bond acceptors (Lipinski definition) is 5. The number of aryl methyl sites for hydroxylation is 1. The van der Waals surface area contributed by atoms with E-state index >= 15 is 0 Å². The Morgan fingerprint density at radius 2 is 2.04 bits per heavy atom. The SMILES string of the molecule is Cc1nc2c(c(=O)[nH]1)CCN(C(=O)CCN1C[C@@H](C)O[C@@H](C)C1)C2. The van der Waals surface area contributed by atoms with Crippen LogP contribution in [-0.2, 0) is 22.5 Å². The number of fused-ring (bicyclic) bond motifs is 1. The summed E-state index contributed by atoms with van der Waals surface area (Å²) < 4.78 is 5.72. The highest BCUT2D eigenvalue weighted by Gasteiger charge is 2.26. The lowest BCUT2D eigenvalue weighted by Gasteiger charge is -2.35. The fourth-order valence-electron chi connectivity index (χ4n) is 3.66. The molecule has 2 atom stereocenters. The van der Waals surface area contributed by atoms with Crippen molar-refractivity contribution in [3.05, 3.63) is 27.4 Å². The molecule has 0 radical (unpaired) electrons. The van der Waals surface area contributed by atoms with Crippen LogP contribution in [-0.4, -0.2) is 64.1 Å². The first kappa shape index (κ1) is 17.1. The van der Waals surface area contributed by atoms with Gasteiger partial charge in [-0.15, -0.1) is 0 Å². The summed E-state index contributed by atoms with van der Waals surface area (Å²) in [5, 5.41) is 0. The van der Waals surface area contributed by atoms with Crippen LogP contribution in [0.4, 0.5) is 0 Å². The minimum atomic E-state index is -0.0686. The van der Waals surface area contributed by atoms with Gasteiger partial charge < -0.3 is 14.6 Å². The van der Waals surface area contributed by atoms with E-state index in [1.807, 2.05) is 4.90 Å². The molecule has 24 heavy (non-hydrogen) atoms. The average Bonchev–Trinajstić information content (AvgIpc) is 2.51. The first-order valence-corrected chi connectivity index (χ1v) is 8.66. The summed E-state index contributed by atoms with van der Waals surface area (Å²) in [4.78, 5) is 35.7. The van der Waals surface area contributed by atoms with Crippen LogP contribution in [0.15, 0.2) is 4.79 Å². The van der Waals surface area contributed by atoms with Crippen LogP contribution in [0.3, 0.4) is 0 Å². The van der Waals surface area contributed by atoms with E-state index in [9.17, 15) is 9.59 Å². The van der Waals surface area contributed by atoms with E-state index < -0.39 is 0 Å². The minimum absolute atomic E-state index is 0.0686. The molecule has 0 spiro atoms. The van der Waals surface area contributed by atoms with E-state index in [0.29, 0.717) is 31.8 Å². The van der Waals surface area contributed by atoms with Crippen molar-refractivity contribution < 1.29 is 9.53 Å². The highest BCUT2D eigenvalue weighted by Crippen LogP contribution is 2.16. The second kappa shape index (κ2) is 7.03. The second-order valence-electron chi connectivity index (χ2n) is 6.91. The number of nitrogens with one attached hydrogen (secondary N) is 1. The number of morpholine rings is 1.